The molecule has 21 heavy (non-hydrogen) atoms. The summed E-state index contributed by atoms with van der Waals surface area (Å²) in [6.45, 7) is -0.325. The molecule has 5 heteroatoms. The molecule has 4 nitrogen and oxygen atoms in total. The van der Waals surface area contributed by atoms with Crippen LogP contribution in [0.3, 0.4) is 0 Å². The zero-order chi connectivity index (χ0) is 14.8. The second kappa shape index (κ2) is 11.4. The van der Waals surface area contributed by atoms with Crippen LogP contribution in [0.2, 0.25) is 0 Å². The number of methoxy groups -OCH3 is 2. The van der Waals surface area contributed by atoms with E-state index >= 15 is 0 Å². The molecule has 108 valence electrons. The molecule has 0 saturated carbocycles. The fourth-order valence-electron chi connectivity index (χ4n) is 1.44. The monoisotopic (exact) mass is 298 g/mol. The quantitative estimate of drug-likeness (QED) is 0.781. The van der Waals surface area contributed by atoms with Crippen LogP contribution in [0.4, 0.5) is 0 Å². The molecule has 0 spiro atoms. The van der Waals surface area contributed by atoms with Crippen molar-refractivity contribution in [3.63, 3.8) is 0 Å². The molecule has 0 saturated heterocycles. The molecule has 0 radical (unpaired) electrons. The third-order valence-electron chi connectivity index (χ3n) is 2.65. The van der Waals surface area contributed by atoms with Gasteiger partial charge in [-0.1, -0.05) is 35.4 Å². The minimum atomic E-state index is -0.163. The first-order valence-corrected chi connectivity index (χ1v) is 6.15. The van der Waals surface area contributed by atoms with E-state index in [0.29, 0.717) is 0 Å². The standard InChI is InChI=1S/2C8H9O2.Mg/c2*1-10-8-4-2-7(6-9)3-5-8;/h2*2-5H,6H2,1H3;/q2*-1;+2. The van der Waals surface area contributed by atoms with Crippen molar-refractivity contribution >= 4 is 23.1 Å². The Balaban J connectivity index is 0.000000364. The van der Waals surface area contributed by atoms with Crippen molar-refractivity contribution in [1.82, 2.24) is 0 Å². The second-order valence-electron chi connectivity index (χ2n) is 3.98. The largest absolute Gasteiger partial charge is 2.00 e. The van der Waals surface area contributed by atoms with Gasteiger partial charge < -0.3 is 19.7 Å². The van der Waals surface area contributed by atoms with E-state index in [4.69, 9.17) is 9.47 Å². The van der Waals surface area contributed by atoms with Crippen molar-refractivity contribution in [3.05, 3.63) is 59.7 Å². The molecule has 0 aliphatic heterocycles. The third-order valence-corrected chi connectivity index (χ3v) is 2.65. The summed E-state index contributed by atoms with van der Waals surface area (Å²) < 4.78 is 9.82. The van der Waals surface area contributed by atoms with Gasteiger partial charge in [0.05, 0.1) is 14.2 Å². The van der Waals surface area contributed by atoms with Gasteiger partial charge in [0.15, 0.2) is 0 Å². The van der Waals surface area contributed by atoms with Gasteiger partial charge in [0.2, 0.25) is 0 Å². The number of benzene rings is 2. The van der Waals surface area contributed by atoms with E-state index in [1.54, 1.807) is 62.8 Å². The van der Waals surface area contributed by atoms with Crippen LogP contribution in [0.15, 0.2) is 48.5 Å². The summed E-state index contributed by atoms with van der Waals surface area (Å²) in [5.41, 5.74) is 1.58. The van der Waals surface area contributed by atoms with Gasteiger partial charge in [0.1, 0.15) is 11.5 Å². The Morgan fingerprint density at radius 2 is 0.952 bits per heavy atom. The summed E-state index contributed by atoms with van der Waals surface area (Å²) in [4.78, 5) is 0. The molecule has 2 aromatic rings. The fraction of sp³-hybridized carbons (Fsp3) is 0.250. The van der Waals surface area contributed by atoms with Gasteiger partial charge in [-0.3, -0.25) is 0 Å². The van der Waals surface area contributed by atoms with E-state index in [1.165, 1.54) is 0 Å². The van der Waals surface area contributed by atoms with Crippen LogP contribution in [-0.4, -0.2) is 37.3 Å². The first-order chi connectivity index (χ1) is 9.73. The Morgan fingerprint density at radius 1 is 0.667 bits per heavy atom. The van der Waals surface area contributed by atoms with Crippen LogP contribution in [-0.2, 0) is 13.2 Å². The van der Waals surface area contributed by atoms with Crippen LogP contribution in [0.25, 0.3) is 0 Å². The third kappa shape index (κ3) is 7.33. The SMILES string of the molecule is COc1ccc(C[O-])cc1.COc1ccc(C[O-])cc1.[Mg+2]. The molecule has 0 amide bonds. The van der Waals surface area contributed by atoms with E-state index in [2.05, 4.69) is 0 Å². The van der Waals surface area contributed by atoms with E-state index in [-0.39, 0.29) is 36.3 Å². The molecule has 0 fully saturated rings. The Morgan fingerprint density at radius 3 is 1.14 bits per heavy atom. The van der Waals surface area contributed by atoms with Crippen molar-refractivity contribution in [2.75, 3.05) is 14.2 Å². The molecule has 0 aliphatic rings. The molecule has 0 N–H and O–H groups in total. The van der Waals surface area contributed by atoms with Crippen LogP contribution in [0, 0.1) is 0 Å². The summed E-state index contributed by atoms with van der Waals surface area (Å²) in [6.07, 6.45) is 0. The molecular formula is C16H18MgO4. The van der Waals surface area contributed by atoms with Crippen LogP contribution in [0.1, 0.15) is 11.1 Å². The molecule has 0 unspecified atom stereocenters. The molecule has 0 bridgehead atoms. The maximum Gasteiger partial charge on any atom is 2.00 e. The van der Waals surface area contributed by atoms with Crippen molar-refractivity contribution in [3.8, 4) is 11.5 Å². The fourth-order valence-corrected chi connectivity index (χ4v) is 1.44. The van der Waals surface area contributed by atoms with Gasteiger partial charge in [-0.15, -0.1) is 13.2 Å². The molecule has 2 rings (SSSR count). The van der Waals surface area contributed by atoms with Gasteiger partial charge in [-0.2, -0.15) is 0 Å². The number of rotatable bonds is 4. The summed E-state index contributed by atoms with van der Waals surface area (Å²) in [5, 5.41) is 20.6. The number of hydrogen-bond acceptors (Lipinski definition) is 4. The maximum absolute atomic E-state index is 10.3. The molecular weight excluding hydrogens is 280 g/mol. The smallest absolute Gasteiger partial charge is 0.851 e. The predicted molar refractivity (Wildman–Crippen MR) is 79.2 cm³/mol. The molecule has 0 aliphatic carbocycles. The molecule has 0 aromatic heterocycles. The second-order valence-corrected chi connectivity index (χ2v) is 3.98. The van der Waals surface area contributed by atoms with Crippen LogP contribution in [0.5, 0.6) is 11.5 Å². The maximum atomic E-state index is 10.3. The Hall–Kier alpha value is -1.27. The zero-order valence-corrected chi connectivity index (χ0v) is 13.8. The van der Waals surface area contributed by atoms with Gasteiger partial charge in [0.25, 0.3) is 0 Å². The molecule has 0 atom stereocenters. The van der Waals surface area contributed by atoms with Crippen molar-refractivity contribution < 1.29 is 19.7 Å². The minimum Gasteiger partial charge on any atom is -0.851 e. The number of hydrogen-bond donors (Lipinski definition) is 0. The van der Waals surface area contributed by atoms with Gasteiger partial charge >= 0.3 is 23.1 Å². The van der Waals surface area contributed by atoms with Crippen molar-refractivity contribution in [1.29, 1.82) is 0 Å². The Labute approximate surface area is 141 Å². The Bertz CT molecular complexity index is 389. The van der Waals surface area contributed by atoms with Crippen LogP contribution < -0.4 is 19.7 Å². The van der Waals surface area contributed by atoms with Crippen LogP contribution >= 0.6 is 0 Å². The van der Waals surface area contributed by atoms with E-state index < -0.39 is 0 Å². The van der Waals surface area contributed by atoms with Gasteiger partial charge in [-0.25, -0.2) is 0 Å². The van der Waals surface area contributed by atoms with E-state index in [9.17, 15) is 10.2 Å². The summed E-state index contributed by atoms with van der Waals surface area (Å²) >= 11 is 0. The normalized spacial score (nSPS) is 8.95. The van der Waals surface area contributed by atoms with E-state index in [0.717, 1.165) is 22.6 Å². The average molecular weight is 299 g/mol. The number of ether oxygens (including phenoxy) is 2. The zero-order valence-electron chi connectivity index (χ0n) is 12.4. The first kappa shape index (κ1) is 19.7. The summed E-state index contributed by atoms with van der Waals surface area (Å²) in [6, 6.07) is 14.2. The Kier molecular flexibility index (Phi) is 10.7. The summed E-state index contributed by atoms with van der Waals surface area (Å²) in [7, 11) is 3.21. The van der Waals surface area contributed by atoms with E-state index in [1.807, 2.05) is 0 Å². The van der Waals surface area contributed by atoms with Gasteiger partial charge in [0, 0.05) is 0 Å². The molecule has 2 aromatic carbocycles. The van der Waals surface area contributed by atoms with Crippen molar-refractivity contribution in [2.24, 2.45) is 0 Å². The minimum absolute atomic E-state index is 0. The molecule has 0 heterocycles. The van der Waals surface area contributed by atoms with Gasteiger partial charge in [-0.05, 0) is 24.3 Å². The topological polar surface area (TPSA) is 64.6 Å². The average Bonchev–Trinajstić information content (AvgIpc) is 2.55. The van der Waals surface area contributed by atoms with Crippen molar-refractivity contribution in [2.45, 2.75) is 13.2 Å². The summed E-state index contributed by atoms with van der Waals surface area (Å²) in [5.74, 6) is 1.58. The predicted octanol–water partition coefficient (Wildman–Crippen LogP) is 0.730. The first-order valence-electron chi connectivity index (χ1n) is 6.15.